The minimum Gasteiger partial charge on any atom is -0.435 e. The van der Waals surface area contributed by atoms with Gasteiger partial charge in [-0.05, 0) is 17.7 Å². The second kappa shape index (κ2) is 6.80. The van der Waals surface area contributed by atoms with Gasteiger partial charge >= 0.3 is 6.61 Å². The average Bonchev–Trinajstić information content (AvgIpc) is 2.30. The number of rotatable bonds is 6. The summed E-state index contributed by atoms with van der Waals surface area (Å²) in [4.78, 5) is 10.9. The summed E-state index contributed by atoms with van der Waals surface area (Å²) in [5.74, 6) is 0.0118. The van der Waals surface area contributed by atoms with Crippen molar-refractivity contribution in [3.05, 3.63) is 29.8 Å². The summed E-state index contributed by atoms with van der Waals surface area (Å²) in [7, 11) is 1.56. The van der Waals surface area contributed by atoms with Crippen molar-refractivity contribution in [2.45, 2.75) is 13.2 Å². The first kappa shape index (κ1) is 13.4. The third kappa shape index (κ3) is 5.26. The molecule has 0 radical (unpaired) electrons. The smallest absolute Gasteiger partial charge is 0.387 e. The van der Waals surface area contributed by atoms with Crippen molar-refractivity contribution in [3.63, 3.8) is 0 Å². The van der Waals surface area contributed by atoms with Crippen molar-refractivity contribution >= 4 is 5.91 Å². The minimum absolute atomic E-state index is 0.109. The van der Waals surface area contributed by atoms with E-state index < -0.39 is 6.61 Å². The molecule has 0 aliphatic carbocycles. The van der Waals surface area contributed by atoms with E-state index in [1.165, 1.54) is 12.1 Å². The van der Waals surface area contributed by atoms with Crippen LogP contribution in [0, 0.1) is 0 Å². The van der Waals surface area contributed by atoms with Gasteiger partial charge in [0, 0.05) is 13.6 Å². The maximum Gasteiger partial charge on any atom is 0.387 e. The van der Waals surface area contributed by atoms with Crippen LogP contribution in [0.5, 0.6) is 5.75 Å². The number of carbonyl (C=O) groups is 1. The quantitative estimate of drug-likeness (QED) is 0.788. The molecule has 4 nitrogen and oxygen atoms in total. The molecule has 0 aliphatic heterocycles. The molecule has 0 fully saturated rings. The third-order valence-electron chi connectivity index (χ3n) is 2.04. The zero-order valence-electron chi connectivity index (χ0n) is 9.37. The van der Waals surface area contributed by atoms with Crippen LogP contribution in [0.1, 0.15) is 5.56 Å². The molecule has 0 heterocycles. The Morgan fingerprint density at radius 1 is 1.35 bits per heavy atom. The summed E-state index contributed by atoms with van der Waals surface area (Å²) in [6.07, 6.45) is 0. The highest BCUT2D eigenvalue weighted by Gasteiger charge is 2.03. The van der Waals surface area contributed by atoms with E-state index in [2.05, 4.69) is 15.4 Å². The Morgan fingerprint density at radius 3 is 2.53 bits per heavy atom. The number of benzene rings is 1. The van der Waals surface area contributed by atoms with E-state index in [4.69, 9.17) is 0 Å². The number of hydrogen-bond donors (Lipinski definition) is 2. The molecular weight excluding hydrogens is 230 g/mol. The van der Waals surface area contributed by atoms with Crippen molar-refractivity contribution in [2.75, 3.05) is 13.6 Å². The van der Waals surface area contributed by atoms with Gasteiger partial charge in [-0.1, -0.05) is 12.1 Å². The molecule has 0 bridgehead atoms. The summed E-state index contributed by atoms with van der Waals surface area (Å²) in [5.41, 5.74) is 0.885. The van der Waals surface area contributed by atoms with Crippen molar-refractivity contribution in [1.82, 2.24) is 10.6 Å². The van der Waals surface area contributed by atoms with Crippen LogP contribution in [0.2, 0.25) is 0 Å². The zero-order valence-corrected chi connectivity index (χ0v) is 9.37. The highest BCUT2D eigenvalue weighted by atomic mass is 19.3. The maximum atomic E-state index is 11.9. The first-order valence-corrected chi connectivity index (χ1v) is 5.07. The summed E-state index contributed by atoms with van der Waals surface area (Å²) >= 11 is 0. The van der Waals surface area contributed by atoms with Gasteiger partial charge in [0.05, 0.1) is 6.54 Å². The van der Waals surface area contributed by atoms with E-state index >= 15 is 0 Å². The van der Waals surface area contributed by atoms with Gasteiger partial charge in [0.15, 0.2) is 0 Å². The number of likely N-dealkylation sites (N-methyl/N-ethyl adjacent to an activating group) is 1. The highest BCUT2D eigenvalue weighted by molar-refractivity contribution is 5.77. The Balaban J connectivity index is 2.37. The maximum absolute atomic E-state index is 11.9. The van der Waals surface area contributed by atoms with E-state index in [0.717, 1.165) is 5.56 Å². The van der Waals surface area contributed by atoms with Crippen LogP contribution in [-0.2, 0) is 11.3 Å². The molecule has 2 N–H and O–H groups in total. The number of halogens is 2. The van der Waals surface area contributed by atoms with Gasteiger partial charge in [0.25, 0.3) is 0 Å². The fraction of sp³-hybridized carbons (Fsp3) is 0.364. The van der Waals surface area contributed by atoms with Gasteiger partial charge in [0.2, 0.25) is 5.91 Å². The zero-order chi connectivity index (χ0) is 12.7. The molecule has 0 saturated carbocycles. The van der Waals surface area contributed by atoms with E-state index in [9.17, 15) is 13.6 Å². The van der Waals surface area contributed by atoms with E-state index in [1.54, 1.807) is 19.2 Å². The predicted octanol–water partition coefficient (Wildman–Crippen LogP) is 1.12. The minimum atomic E-state index is -2.81. The number of alkyl halides is 2. The number of ether oxygens (including phenoxy) is 1. The molecule has 6 heteroatoms. The standard InChI is InChI=1S/C11H14F2N2O2/c1-14-10(16)7-15-6-8-2-4-9(5-3-8)17-11(12)13/h2-5,11,15H,6-7H2,1H3,(H,14,16). The molecular formula is C11H14F2N2O2. The first-order valence-electron chi connectivity index (χ1n) is 5.07. The Morgan fingerprint density at radius 2 is 2.00 bits per heavy atom. The second-order valence-electron chi connectivity index (χ2n) is 3.30. The number of amides is 1. The van der Waals surface area contributed by atoms with Crippen molar-refractivity contribution in [1.29, 1.82) is 0 Å². The molecule has 1 aromatic rings. The lowest BCUT2D eigenvalue weighted by Gasteiger charge is -2.06. The van der Waals surface area contributed by atoms with Crippen LogP contribution >= 0.6 is 0 Å². The Kier molecular flexibility index (Phi) is 5.35. The SMILES string of the molecule is CNC(=O)CNCc1ccc(OC(F)F)cc1. The van der Waals surface area contributed by atoms with Crippen LogP contribution in [0.15, 0.2) is 24.3 Å². The predicted molar refractivity (Wildman–Crippen MR) is 58.8 cm³/mol. The van der Waals surface area contributed by atoms with Crippen LogP contribution < -0.4 is 15.4 Å². The summed E-state index contributed by atoms with van der Waals surface area (Å²) in [5, 5.41) is 5.39. The Hall–Kier alpha value is -1.69. The molecule has 0 unspecified atom stereocenters. The van der Waals surface area contributed by atoms with Crippen LogP contribution in [-0.4, -0.2) is 26.1 Å². The fourth-order valence-corrected chi connectivity index (χ4v) is 1.20. The summed E-state index contributed by atoms with van der Waals surface area (Å²) in [6, 6.07) is 6.25. The Bertz CT molecular complexity index is 355. The van der Waals surface area contributed by atoms with E-state index in [-0.39, 0.29) is 18.2 Å². The largest absolute Gasteiger partial charge is 0.435 e. The average molecular weight is 244 g/mol. The van der Waals surface area contributed by atoms with Gasteiger partial charge in [-0.15, -0.1) is 0 Å². The molecule has 0 atom stereocenters. The molecule has 94 valence electrons. The normalized spacial score (nSPS) is 10.4. The molecule has 0 spiro atoms. The molecule has 1 aromatic carbocycles. The van der Waals surface area contributed by atoms with Gasteiger partial charge in [0.1, 0.15) is 5.75 Å². The van der Waals surface area contributed by atoms with Crippen LogP contribution in [0.3, 0.4) is 0 Å². The first-order chi connectivity index (χ1) is 8.11. The van der Waals surface area contributed by atoms with Gasteiger partial charge in [-0.2, -0.15) is 8.78 Å². The molecule has 0 aromatic heterocycles. The number of hydrogen-bond acceptors (Lipinski definition) is 3. The fourth-order valence-electron chi connectivity index (χ4n) is 1.20. The van der Waals surface area contributed by atoms with E-state index in [0.29, 0.717) is 6.54 Å². The van der Waals surface area contributed by atoms with Crippen LogP contribution in [0.4, 0.5) is 8.78 Å². The lowest BCUT2D eigenvalue weighted by atomic mass is 10.2. The number of nitrogens with one attached hydrogen (secondary N) is 2. The lowest BCUT2D eigenvalue weighted by Crippen LogP contribution is -2.30. The second-order valence-corrected chi connectivity index (χ2v) is 3.30. The molecule has 1 amide bonds. The van der Waals surface area contributed by atoms with Crippen molar-refractivity contribution in [2.24, 2.45) is 0 Å². The Labute approximate surface area is 98.0 Å². The molecule has 17 heavy (non-hydrogen) atoms. The summed E-state index contributed by atoms with van der Waals surface area (Å²) < 4.78 is 28.0. The lowest BCUT2D eigenvalue weighted by molar-refractivity contribution is -0.119. The third-order valence-corrected chi connectivity index (χ3v) is 2.04. The van der Waals surface area contributed by atoms with Gasteiger partial charge < -0.3 is 15.4 Å². The van der Waals surface area contributed by atoms with Crippen molar-refractivity contribution in [3.8, 4) is 5.75 Å². The van der Waals surface area contributed by atoms with Crippen molar-refractivity contribution < 1.29 is 18.3 Å². The highest BCUT2D eigenvalue weighted by Crippen LogP contribution is 2.14. The topological polar surface area (TPSA) is 50.4 Å². The summed E-state index contributed by atoms with van der Waals surface area (Å²) in [6.45, 7) is -2.11. The van der Waals surface area contributed by atoms with E-state index in [1.807, 2.05) is 0 Å². The molecule has 1 rings (SSSR count). The number of carbonyl (C=O) groups excluding carboxylic acids is 1. The molecule has 0 saturated heterocycles. The van der Waals surface area contributed by atoms with Crippen LogP contribution in [0.25, 0.3) is 0 Å². The van der Waals surface area contributed by atoms with Gasteiger partial charge in [-0.25, -0.2) is 0 Å². The molecule has 0 aliphatic rings. The monoisotopic (exact) mass is 244 g/mol. The van der Waals surface area contributed by atoms with Gasteiger partial charge in [-0.3, -0.25) is 4.79 Å².